The zero-order valence-corrected chi connectivity index (χ0v) is 13.7. The highest BCUT2D eigenvalue weighted by Gasteiger charge is 2.33. The van der Waals surface area contributed by atoms with E-state index in [0.717, 1.165) is 37.9 Å². The highest BCUT2D eigenvalue weighted by atomic mass is 16.5. The van der Waals surface area contributed by atoms with E-state index in [0.29, 0.717) is 13.2 Å². The predicted molar refractivity (Wildman–Crippen MR) is 88.9 cm³/mol. The molecule has 0 aromatic heterocycles. The van der Waals surface area contributed by atoms with Gasteiger partial charge < -0.3 is 15.4 Å². The van der Waals surface area contributed by atoms with Crippen molar-refractivity contribution < 1.29 is 9.53 Å². The Morgan fingerprint density at radius 3 is 2.59 bits per heavy atom. The van der Waals surface area contributed by atoms with Crippen molar-refractivity contribution in [2.45, 2.75) is 32.1 Å². The van der Waals surface area contributed by atoms with Crippen molar-refractivity contribution >= 4 is 5.91 Å². The predicted octanol–water partition coefficient (Wildman–Crippen LogP) is 2.31. The lowest BCUT2D eigenvalue weighted by atomic mass is 9.79. The van der Waals surface area contributed by atoms with Gasteiger partial charge >= 0.3 is 0 Å². The number of carbonyl (C=O) groups excluding carboxylic acids is 1. The van der Waals surface area contributed by atoms with Gasteiger partial charge in [-0.15, -0.1) is 0 Å². The molecular formula is C18H28N2O2. The summed E-state index contributed by atoms with van der Waals surface area (Å²) in [6, 6.07) is 10.0. The highest BCUT2D eigenvalue weighted by molar-refractivity contribution is 5.83. The van der Waals surface area contributed by atoms with E-state index in [9.17, 15) is 4.79 Å². The minimum absolute atomic E-state index is 0.0671. The average molecular weight is 304 g/mol. The summed E-state index contributed by atoms with van der Waals surface area (Å²) < 4.78 is 5.41. The summed E-state index contributed by atoms with van der Waals surface area (Å²) in [5.74, 6) is 0.0604. The summed E-state index contributed by atoms with van der Waals surface area (Å²) >= 11 is 0. The maximum atomic E-state index is 12.6. The smallest absolute Gasteiger partial charge is 0.227 e. The summed E-state index contributed by atoms with van der Waals surface area (Å²) in [6.45, 7) is 5.46. The topological polar surface area (TPSA) is 50.4 Å². The SMILES string of the molecule is CCC(C(=O)NCC1(COC)CCNCC1)c1ccccc1. The number of benzene rings is 1. The van der Waals surface area contributed by atoms with Gasteiger partial charge in [-0.2, -0.15) is 0 Å². The molecule has 0 spiro atoms. The standard InChI is InChI=1S/C18H28N2O2/c1-3-16(15-7-5-4-6-8-15)17(21)20-13-18(14-22-2)9-11-19-12-10-18/h4-8,16,19H,3,9-14H2,1-2H3,(H,20,21). The molecule has 4 nitrogen and oxygen atoms in total. The van der Waals surface area contributed by atoms with Gasteiger partial charge in [0.15, 0.2) is 0 Å². The fourth-order valence-electron chi connectivity index (χ4n) is 3.29. The normalized spacial score (nSPS) is 18.6. The van der Waals surface area contributed by atoms with E-state index < -0.39 is 0 Å². The molecule has 1 aromatic rings. The second-order valence-electron chi connectivity index (χ2n) is 6.27. The molecule has 1 fully saturated rings. The van der Waals surface area contributed by atoms with Crippen LogP contribution in [0.2, 0.25) is 0 Å². The van der Waals surface area contributed by atoms with E-state index in [4.69, 9.17) is 4.74 Å². The molecule has 1 heterocycles. The van der Waals surface area contributed by atoms with Gasteiger partial charge in [-0.05, 0) is 37.9 Å². The molecule has 1 aliphatic heterocycles. The lowest BCUT2D eigenvalue weighted by Gasteiger charge is -2.37. The fraction of sp³-hybridized carbons (Fsp3) is 0.611. The van der Waals surface area contributed by atoms with Crippen LogP contribution < -0.4 is 10.6 Å². The van der Waals surface area contributed by atoms with Crippen LogP contribution in [-0.2, 0) is 9.53 Å². The van der Waals surface area contributed by atoms with E-state index >= 15 is 0 Å². The van der Waals surface area contributed by atoms with Crippen molar-refractivity contribution in [3.8, 4) is 0 Å². The Morgan fingerprint density at radius 1 is 1.32 bits per heavy atom. The number of nitrogens with one attached hydrogen (secondary N) is 2. The Hall–Kier alpha value is -1.39. The first-order valence-corrected chi connectivity index (χ1v) is 8.23. The molecule has 1 saturated heterocycles. The van der Waals surface area contributed by atoms with Crippen molar-refractivity contribution in [3.63, 3.8) is 0 Å². The van der Waals surface area contributed by atoms with E-state index in [-0.39, 0.29) is 17.2 Å². The Balaban J connectivity index is 1.97. The first-order valence-electron chi connectivity index (χ1n) is 8.23. The Labute approximate surface area is 133 Å². The number of piperidine rings is 1. The molecule has 1 amide bonds. The Bertz CT molecular complexity index is 450. The molecule has 2 rings (SSSR count). The minimum atomic E-state index is -0.0671. The highest BCUT2D eigenvalue weighted by Crippen LogP contribution is 2.29. The number of hydrogen-bond donors (Lipinski definition) is 2. The summed E-state index contributed by atoms with van der Waals surface area (Å²) in [5, 5.41) is 6.56. The van der Waals surface area contributed by atoms with E-state index in [1.807, 2.05) is 30.3 Å². The number of hydrogen-bond acceptors (Lipinski definition) is 3. The van der Waals surface area contributed by atoms with Crippen LogP contribution in [0.1, 0.15) is 37.7 Å². The van der Waals surface area contributed by atoms with Gasteiger partial charge in [0.1, 0.15) is 0 Å². The second-order valence-corrected chi connectivity index (χ2v) is 6.27. The van der Waals surface area contributed by atoms with Gasteiger partial charge in [0.05, 0.1) is 12.5 Å². The first-order chi connectivity index (χ1) is 10.7. The van der Waals surface area contributed by atoms with Crippen LogP contribution in [0.5, 0.6) is 0 Å². The van der Waals surface area contributed by atoms with Gasteiger partial charge in [0, 0.05) is 19.1 Å². The van der Waals surface area contributed by atoms with Gasteiger partial charge in [-0.1, -0.05) is 37.3 Å². The molecule has 1 aromatic carbocycles. The quantitative estimate of drug-likeness (QED) is 0.813. The molecule has 1 atom stereocenters. The van der Waals surface area contributed by atoms with Crippen LogP contribution in [0.15, 0.2) is 30.3 Å². The van der Waals surface area contributed by atoms with Crippen LogP contribution in [0.3, 0.4) is 0 Å². The van der Waals surface area contributed by atoms with Gasteiger partial charge in [0.2, 0.25) is 5.91 Å². The number of ether oxygens (including phenoxy) is 1. The lowest BCUT2D eigenvalue weighted by molar-refractivity contribution is -0.123. The van der Waals surface area contributed by atoms with Gasteiger partial charge in [-0.3, -0.25) is 4.79 Å². The first kappa shape index (κ1) is 17.0. The van der Waals surface area contributed by atoms with Crippen LogP contribution in [-0.4, -0.2) is 39.3 Å². The van der Waals surface area contributed by atoms with Crippen molar-refractivity contribution in [1.29, 1.82) is 0 Å². The van der Waals surface area contributed by atoms with E-state index in [1.54, 1.807) is 7.11 Å². The van der Waals surface area contributed by atoms with Gasteiger partial charge in [0.25, 0.3) is 0 Å². The minimum Gasteiger partial charge on any atom is -0.384 e. The lowest BCUT2D eigenvalue weighted by Crippen LogP contribution is -2.47. The molecule has 2 N–H and O–H groups in total. The number of amides is 1. The maximum absolute atomic E-state index is 12.6. The monoisotopic (exact) mass is 304 g/mol. The van der Waals surface area contributed by atoms with Crippen LogP contribution >= 0.6 is 0 Å². The molecule has 22 heavy (non-hydrogen) atoms. The van der Waals surface area contributed by atoms with Crippen molar-refractivity contribution in [3.05, 3.63) is 35.9 Å². The number of methoxy groups -OCH3 is 1. The average Bonchev–Trinajstić information content (AvgIpc) is 2.56. The maximum Gasteiger partial charge on any atom is 0.227 e. The van der Waals surface area contributed by atoms with Crippen molar-refractivity contribution in [2.24, 2.45) is 5.41 Å². The molecule has 0 aliphatic carbocycles. The van der Waals surface area contributed by atoms with Crippen molar-refractivity contribution in [2.75, 3.05) is 33.4 Å². The van der Waals surface area contributed by atoms with Crippen LogP contribution in [0.25, 0.3) is 0 Å². The summed E-state index contributed by atoms with van der Waals surface area (Å²) in [5.41, 5.74) is 1.17. The summed E-state index contributed by atoms with van der Waals surface area (Å²) in [6.07, 6.45) is 2.90. The molecule has 122 valence electrons. The Morgan fingerprint density at radius 2 is 2.00 bits per heavy atom. The van der Waals surface area contributed by atoms with Crippen molar-refractivity contribution in [1.82, 2.24) is 10.6 Å². The molecule has 0 saturated carbocycles. The largest absolute Gasteiger partial charge is 0.384 e. The summed E-state index contributed by atoms with van der Waals surface area (Å²) in [4.78, 5) is 12.6. The third-order valence-electron chi connectivity index (χ3n) is 4.68. The number of carbonyl (C=O) groups is 1. The van der Waals surface area contributed by atoms with E-state index in [1.165, 1.54) is 0 Å². The summed E-state index contributed by atoms with van der Waals surface area (Å²) in [7, 11) is 1.74. The molecule has 0 radical (unpaired) electrons. The molecule has 4 heteroatoms. The number of rotatable bonds is 7. The Kier molecular flexibility index (Phi) is 6.40. The van der Waals surface area contributed by atoms with E-state index in [2.05, 4.69) is 17.6 Å². The zero-order valence-electron chi connectivity index (χ0n) is 13.7. The molecule has 0 bridgehead atoms. The van der Waals surface area contributed by atoms with Gasteiger partial charge in [-0.25, -0.2) is 0 Å². The third kappa shape index (κ3) is 4.31. The second kappa shape index (κ2) is 8.30. The molecule has 1 aliphatic rings. The van der Waals surface area contributed by atoms with Crippen LogP contribution in [0, 0.1) is 5.41 Å². The zero-order chi connectivity index (χ0) is 15.8. The third-order valence-corrected chi connectivity index (χ3v) is 4.68. The van der Waals surface area contributed by atoms with Crippen LogP contribution in [0.4, 0.5) is 0 Å². The fourth-order valence-corrected chi connectivity index (χ4v) is 3.29. The molecule has 1 unspecified atom stereocenters. The molecular weight excluding hydrogens is 276 g/mol.